The third-order valence-corrected chi connectivity index (χ3v) is 6.79. The normalized spacial score (nSPS) is 15.7. The Bertz CT molecular complexity index is 601. The van der Waals surface area contributed by atoms with E-state index in [2.05, 4.69) is 6.58 Å². The van der Waals surface area contributed by atoms with Gasteiger partial charge in [-0.15, -0.1) is 0 Å². The van der Waals surface area contributed by atoms with Gasteiger partial charge in [-0.05, 0) is 0 Å². The van der Waals surface area contributed by atoms with E-state index in [1.165, 1.54) is 0 Å². The molecule has 0 radical (unpaired) electrons. The van der Waals surface area contributed by atoms with E-state index < -0.39 is 26.6 Å². The van der Waals surface area contributed by atoms with Crippen molar-refractivity contribution in [2.75, 3.05) is 0 Å². The average molecular weight is 430 g/mol. The third kappa shape index (κ3) is 5.16. The molecule has 0 bridgehead atoms. The fourth-order valence-electron chi connectivity index (χ4n) is 2.06. The van der Waals surface area contributed by atoms with Gasteiger partial charge in [-0.3, -0.25) is 0 Å². The summed E-state index contributed by atoms with van der Waals surface area (Å²) in [5.41, 5.74) is 0.266. The molecule has 0 spiro atoms. The van der Waals surface area contributed by atoms with Gasteiger partial charge < -0.3 is 0 Å². The maximum absolute atomic E-state index is 12.3. The Morgan fingerprint density at radius 1 is 1.13 bits per heavy atom. The molecule has 0 amide bonds. The molecule has 1 aliphatic carbocycles. The van der Waals surface area contributed by atoms with Gasteiger partial charge in [0.1, 0.15) is 0 Å². The standard InChI is InChI=1S/C17H19IO5/c1-12(2)16(20)22-18(14-6-4-3-5-7-14)23-17(21)13-8-10-15(19)11-9-13/h3-7,13H,1,8-11H2,2H3. The molecule has 6 heteroatoms. The molecule has 0 atom stereocenters. The minimum absolute atomic E-state index is 0.182. The first kappa shape index (κ1) is 17.7. The van der Waals surface area contributed by atoms with E-state index in [1.807, 2.05) is 18.2 Å². The van der Waals surface area contributed by atoms with Gasteiger partial charge in [-0.1, -0.05) is 0 Å². The summed E-state index contributed by atoms with van der Waals surface area (Å²) in [6.07, 6.45) is 1.82. The molecule has 1 aromatic rings. The number of carbonyl (C=O) groups excluding carboxylic acids is 3. The van der Waals surface area contributed by atoms with Gasteiger partial charge in [0.25, 0.3) is 0 Å². The first-order valence-corrected chi connectivity index (χ1v) is 10.2. The number of halogens is 1. The second-order valence-electron chi connectivity index (χ2n) is 5.37. The Kier molecular flexibility index (Phi) is 6.32. The van der Waals surface area contributed by atoms with Crippen molar-refractivity contribution in [3.8, 4) is 0 Å². The topological polar surface area (TPSA) is 69.7 Å². The molecule has 23 heavy (non-hydrogen) atoms. The second-order valence-corrected chi connectivity index (χ2v) is 8.73. The van der Waals surface area contributed by atoms with Crippen LogP contribution in [0.4, 0.5) is 0 Å². The van der Waals surface area contributed by atoms with Gasteiger partial charge in [-0.25, -0.2) is 0 Å². The Morgan fingerprint density at radius 3 is 2.30 bits per heavy atom. The second kappa shape index (κ2) is 8.24. The zero-order valence-electron chi connectivity index (χ0n) is 12.9. The van der Waals surface area contributed by atoms with Gasteiger partial charge in [-0.2, -0.15) is 0 Å². The number of rotatable bonds is 5. The van der Waals surface area contributed by atoms with E-state index in [4.69, 9.17) is 6.13 Å². The number of ketones is 1. The number of benzene rings is 1. The van der Waals surface area contributed by atoms with Gasteiger partial charge in [0.2, 0.25) is 0 Å². The van der Waals surface area contributed by atoms with Crippen molar-refractivity contribution in [1.29, 1.82) is 0 Å². The summed E-state index contributed by atoms with van der Waals surface area (Å²) < 4.78 is 11.7. The molecule has 5 nitrogen and oxygen atoms in total. The minimum atomic E-state index is -2.90. The van der Waals surface area contributed by atoms with Gasteiger partial charge in [0.15, 0.2) is 0 Å². The van der Waals surface area contributed by atoms with Crippen LogP contribution in [0.5, 0.6) is 0 Å². The van der Waals surface area contributed by atoms with Crippen molar-refractivity contribution in [1.82, 2.24) is 0 Å². The first-order valence-electron chi connectivity index (χ1n) is 7.34. The van der Waals surface area contributed by atoms with Crippen molar-refractivity contribution in [2.45, 2.75) is 32.6 Å². The first-order chi connectivity index (χ1) is 11.0. The van der Waals surface area contributed by atoms with E-state index in [0.717, 1.165) is 3.57 Å². The summed E-state index contributed by atoms with van der Waals surface area (Å²) in [5, 5.41) is 0. The fraction of sp³-hybridized carbons (Fsp3) is 0.353. The SMILES string of the molecule is C=C(C)C(=O)OI(OC(=O)C1CCC(=O)CC1)c1ccccc1. The Hall–Kier alpha value is -1.70. The van der Waals surface area contributed by atoms with Crippen molar-refractivity contribution >= 4 is 38.4 Å². The zero-order chi connectivity index (χ0) is 16.8. The van der Waals surface area contributed by atoms with Crippen molar-refractivity contribution in [3.63, 3.8) is 0 Å². The fourth-order valence-corrected chi connectivity index (χ4v) is 5.15. The van der Waals surface area contributed by atoms with E-state index in [-0.39, 0.29) is 23.2 Å². The van der Waals surface area contributed by atoms with Crippen LogP contribution in [0, 0.1) is 9.49 Å². The predicted octanol–water partition coefficient (Wildman–Crippen LogP) is 3.61. The van der Waals surface area contributed by atoms with E-state index in [1.54, 1.807) is 19.1 Å². The molecular weight excluding hydrogens is 411 g/mol. The number of carbonyl (C=O) groups is 3. The van der Waals surface area contributed by atoms with Crippen molar-refractivity contribution in [3.05, 3.63) is 46.1 Å². The Morgan fingerprint density at radius 2 is 1.74 bits per heavy atom. The Balaban J connectivity index is 2.08. The molecule has 1 fully saturated rings. The number of Topliss-reactive ketones (excluding diaryl/α,β-unsaturated/α-hetero) is 1. The summed E-state index contributed by atoms with van der Waals surface area (Å²) in [5.74, 6) is -1.03. The quantitative estimate of drug-likeness (QED) is 0.528. The number of hydrogen-bond donors (Lipinski definition) is 0. The summed E-state index contributed by atoms with van der Waals surface area (Å²) in [6, 6.07) is 9.03. The molecule has 0 unspecified atom stereocenters. The summed E-state index contributed by atoms with van der Waals surface area (Å²) in [7, 11) is 0. The van der Waals surface area contributed by atoms with Crippen molar-refractivity contribution < 1.29 is 20.5 Å². The predicted molar refractivity (Wildman–Crippen MR) is 93.1 cm³/mol. The molecule has 1 aliphatic rings. The molecule has 2 rings (SSSR count). The summed E-state index contributed by atoms with van der Waals surface area (Å²) >= 11 is -2.90. The van der Waals surface area contributed by atoms with Gasteiger partial charge in [0, 0.05) is 0 Å². The molecule has 0 N–H and O–H groups in total. The maximum atomic E-state index is 12.3. The van der Waals surface area contributed by atoms with Crippen LogP contribution >= 0.6 is 20.6 Å². The van der Waals surface area contributed by atoms with Crippen LogP contribution in [0.25, 0.3) is 0 Å². The van der Waals surface area contributed by atoms with E-state index in [9.17, 15) is 14.4 Å². The molecule has 1 aromatic carbocycles. The molecule has 0 aromatic heterocycles. The van der Waals surface area contributed by atoms with Crippen LogP contribution in [0.2, 0.25) is 0 Å². The number of hydrogen-bond acceptors (Lipinski definition) is 5. The monoisotopic (exact) mass is 430 g/mol. The molecule has 0 aliphatic heterocycles. The van der Waals surface area contributed by atoms with Crippen LogP contribution < -0.4 is 0 Å². The Labute approximate surface area is 143 Å². The third-order valence-electron chi connectivity index (χ3n) is 3.42. The van der Waals surface area contributed by atoms with E-state index >= 15 is 0 Å². The molecule has 1 saturated carbocycles. The van der Waals surface area contributed by atoms with Crippen LogP contribution in [0.1, 0.15) is 32.6 Å². The van der Waals surface area contributed by atoms with Crippen LogP contribution in [-0.4, -0.2) is 17.7 Å². The average Bonchev–Trinajstić information content (AvgIpc) is 2.55. The van der Waals surface area contributed by atoms with Crippen molar-refractivity contribution in [2.24, 2.45) is 5.92 Å². The molecule has 0 saturated heterocycles. The molecule has 0 heterocycles. The zero-order valence-corrected chi connectivity index (χ0v) is 15.1. The summed E-state index contributed by atoms with van der Waals surface area (Å²) in [6.45, 7) is 5.10. The van der Waals surface area contributed by atoms with Crippen LogP contribution in [-0.2, 0) is 20.5 Å². The van der Waals surface area contributed by atoms with Gasteiger partial charge in [0.05, 0.1) is 0 Å². The van der Waals surface area contributed by atoms with Gasteiger partial charge >= 0.3 is 143 Å². The van der Waals surface area contributed by atoms with Crippen LogP contribution in [0.3, 0.4) is 0 Å². The molecular formula is C17H19IO5. The van der Waals surface area contributed by atoms with Crippen LogP contribution in [0.15, 0.2) is 42.5 Å². The van der Waals surface area contributed by atoms with E-state index in [0.29, 0.717) is 25.7 Å². The molecule has 124 valence electrons. The summed E-state index contributed by atoms with van der Waals surface area (Å²) in [4.78, 5) is 35.4.